The molecule has 1 aliphatic rings. The molecule has 0 unspecified atom stereocenters. The van der Waals surface area contributed by atoms with Gasteiger partial charge in [-0.15, -0.1) is 11.8 Å². The highest BCUT2D eigenvalue weighted by Crippen LogP contribution is 2.32. The molecule has 2 aromatic rings. The van der Waals surface area contributed by atoms with Gasteiger partial charge in [0.25, 0.3) is 0 Å². The van der Waals surface area contributed by atoms with Crippen LogP contribution >= 0.6 is 27.7 Å². The SMILES string of the molecule is CCCOC(=O)COc1ccc(SCc2cc(Br)cc(OCC3CC3)c2)cc1C. The molecule has 156 valence electrons. The molecule has 0 heterocycles. The molecule has 0 saturated heterocycles. The monoisotopic (exact) mass is 478 g/mol. The van der Waals surface area contributed by atoms with E-state index in [0.717, 1.165) is 45.4 Å². The largest absolute Gasteiger partial charge is 0.493 e. The first kappa shape index (κ1) is 22.0. The quantitative estimate of drug-likeness (QED) is 0.285. The minimum absolute atomic E-state index is 0.0605. The maximum atomic E-state index is 11.6. The van der Waals surface area contributed by atoms with E-state index in [-0.39, 0.29) is 12.6 Å². The highest BCUT2D eigenvalue weighted by molar-refractivity contribution is 9.10. The lowest BCUT2D eigenvalue weighted by Gasteiger charge is -2.11. The average molecular weight is 479 g/mol. The van der Waals surface area contributed by atoms with E-state index in [1.165, 1.54) is 18.4 Å². The zero-order chi connectivity index (χ0) is 20.6. The van der Waals surface area contributed by atoms with Gasteiger partial charge in [-0.1, -0.05) is 22.9 Å². The van der Waals surface area contributed by atoms with Crippen molar-refractivity contribution in [2.45, 2.75) is 43.8 Å². The Morgan fingerprint density at radius 3 is 2.72 bits per heavy atom. The van der Waals surface area contributed by atoms with Gasteiger partial charge >= 0.3 is 5.97 Å². The first-order chi connectivity index (χ1) is 14.0. The molecule has 0 radical (unpaired) electrons. The molecule has 4 nitrogen and oxygen atoms in total. The molecule has 1 aliphatic carbocycles. The summed E-state index contributed by atoms with van der Waals surface area (Å²) in [6.07, 6.45) is 3.38. The third-order valence-electron chi connectivity index (χ3n) is 4.48. The number of ether oxygens (including phenoxy) is 3. The number of esters is 1. The van der Waals surface area contributed by atoms with Gasteiger partial charge in [-0.3, -0.25) is 0 Å². The molecule has 0 atom stereocenters. The van der Waals surface area contributed by atoms with Crippen molar-refractivity contribution in [2.24, 2.45) is 5.92 Å². The zero-order valence-electron chi connectivity index (χ0n) is 16.9. The number of aryl methyl sites for hydroxylation is 1. The third kappa shape index (κ3) is 7.59. The molecule has 0 spiro atoms. The Kier molecular flexibility index (Phi) is 8.30. The summed E-state index contributed by atoms with van der Waals surface area (Å²) in [5, 5.41) is 0. The maximum absolute atomic E-state index is 11.6. The van der Waals surface area contributed by atoms with Gasteiger partial charge in [-0.2, -0.15) is 0 Å². The summed E-state index contributed by atoms with van der Waals surface area (Å²) in [5.41, 5.74) is 2.22. The van der Waals surface area contributed by atoms with Crippen LogP contribution in [0.1, 0.15) is 37.3 Å². The van der Waals surface area contributed by atoms with E-state index in [9.17, 15) is 4.79 Å². The highest BCUT2D eigenvalue weighted by atomic mass is 79.9. The summed E-state index contributed by atoms with van der Waals surface area (Å²) >= 11 is 5.35. The molecule has 0 aliphatic heterocycles. The molecule has 0 N–H and O–H groups in total. The predicted octanol–water partition coefficient (Wildman–Crippen LogP) is 6.17. The Morgan fingerprint density at radius 2 is 2.00 bits per heavy atom. The Balaban J connectivity index is 1.52. The number of rotatable bonds is 11. The molecule has 0 aromatic heterocycles. The second kappa shape index (κ2) is 10.9. The Morgan fingerprint density at radius 1 is 1.17 bits per heavy atom. The maximum Gasteiger partial charge on any atom is 0.344 e. The van der Waals surface area contributed by atoms with Crippen molar-refractivity contribution in [1.82, 2.24) is 0 Å². The molecule has 0 bridgehead atoms. The normalized spacial score (nSPS) is 13.2. The van der Waals surface area contributed by atoms with E-state index in [0.29, 0.717) is 12.4 Å². The Bertz CT molecular complexity index is 836. The second-order valence-corrected chi connectivity index (χ2v) is 9.24. The van der Waals surface area contributed by atoms with Gasteiger partial charge in [0.05, 0.1) is 13.2 Å². The van der Waals surface area contributed by atoms with E-state index in [4.69, 9.17) is 14.2 Å². The topological polar surface area (TPSA) is 44.8 Å². The smallest absolute Gasteiger partial charge is 0.344 e. The fourth-order valence-corrected chi connectivity index (χ4v) is 4.16. The number of hydrogen-bond acceptors (Lipinski definition) is 5. The molecule has 0 amide bonds. The van der Waals surface area contributed by atoms with Crippen molar-refractivity contribution in [2.75, 3.05) is 19.8 Å². The minimum Gasteiger partial charge on any atom is -0.493 e. The van der Waals surface area contributed by atoms with Crippen LogP contribution in [0.2, 0.25) is 0 Å². The van der Waals surface area contributed by atoms with Crippen molar-refractivity contribution >= 4 is 33.7 Å². The first-order valence-corrected chi connectivity index (χ1v) is 11.8. The molecule has 1 fully saturated rings. The van der Waals surface area contributed by atoms with Crippen molar-refractivity contribution in [3.8, 4) is 11.5 Å². The standard InChI is InChI=1S/C23H27BrO4S/c1-3-8-26-23(25)14-28-22-7-6-21(9-16(22)2)29-15-18-10-19(24)12-20(11-18)27-13-17-4-5-17/h6-7,9-12,17H,3-5,8,13-15H2,1-2H3. The lowest BCUT2D eigenvalue weighted by Crippen LogP contribution is -2.15. The molecular formula is C23H27BrO4S. The van der Waals surface area contributed by atoms with E-state index < -0.39 is 0 Å². The Labute approximate surface area is 185 Å². The predicted molar refractivity (Wildman–Crippen MR) is 120 cm³/mol. The molecule has 2 aromatic carbocycles. The van der Waals surface area contributed by atoms with Crippen LogP contribution < -0.4 is 9.47 Å². The van der Waals surface area contributed by atoms with E-state index >= 15 is 0 Å². The summed E-state index contributed by atoms with van der Waals surface area (Å²) in [4.78, 5) is 12.7. The van der Waals surface area contributed by atoms with Crippen molar-refractivity contribution in [1.29, 1.82) is 0 Å². The fourth-order valence-electron chi connectivity index (χ4n) is 2.72. The van der Waals surface area contributed by atoms with Gasteiger partial charge in [0, 0.05) is 15.1 Å². The van der Waals surface area contributed by atoms with Crippen LogP contribution in [0.15, 0.2) is 45.8 Å². The summed E-state index contributed by atoms with van der Waals surface area (Å²) in [6, 6.07) is 12.3. The average Bonchev–Trinajstić information content (AvgIpc) is 3.52. The van der Waals surface area contributed by atoms with Crippen LogP contribution in [0.3, 0.4) is 0 Å². The van der Waals surface area contributed by atoms with Crippen LogP contribution in [0.5, 0.6) is 11.5 Å². The van der Waals surface area contributed by atoms with Crippen LogP contribution in [0.25, 0.3) is 0 Å². The fraction of sp³-hybridized carbons (Fsp3) is 0.435. The Hall–Kier alpha value is -1.66. The van der Waals surface area contributed by atoms with Gasteiger partial charge in [0.1, 0.15) is 11.5 Å². The number of thioether (sulfide) groups is 1. The summed E-state index contributed by atoms with van der Waals surface area (Å²) in [7, 11) is 0. The van der Waals surface area contributed by atoms with Crippen molar-refractivity contribution in [3.63, 3.8) is 0 Å². The van der Waals surface area contributed by atoms with Crippen LogP contribution in [0, 0.1) is 12.8 Å². The summed E-state index contributed by atoms with van der Waals surface area (Å²) < 4.78 is 17.6. The van der Waals surface area contributed by atoms with Crippen molar-refractivity contribution < 1.29 is 19.0 Å². The minimum atomic E-state index is -0.334. The lowest BCUT2D eigenvalue weighted by molar-refractivity contribution is -0.146. The summed E-state index contributed by atoms with van der Waals surface area (Å²) in [6.45, 7) is 5.13. The zero-order valence-corrected chi connectivity index (χ0v) is 19.3. The molecule has 3 rings (SSSR count). The van der Waals surface area contributed by atoms with Gasteiger partial charge < -0.3 is 14.2 Å². The third-order valence-corrected chi connectivity index (χ3v) is 6.00. The lowest BCUT2D eigenvalue weighted by atomic mass is 10.2. The number of halogens is 1. The van der Waals surface area contributed by atoms with Crippen LogP contribution in [-0.4, -0.2) is 25.8 Å². The number of benzene rings is 2. The van der Waals surface area contributed by atoms with Gasteiger partial charge in [0.15, 0.2) is 6.61 Å². The molecule has 6 heteroatoms. The molecule has 29 heavy (non-hydrogen) atoms. The number of hydrogen-bond donors (Lipinski definition) is 0. The van der Waals surface area contributed by atoms with Gasteiger partial charge in [-0.05, 0) is 79.6 Å². The van der Waals surface area contributed by atoms with Crippen LogP contribution in [-0.2, 0) is 15.3 Å². The summed E-state index contributed by atoms with van der Waals surface area (Å²) in [5.74, 6) is 2.89. The number of carbonyl (C=O) groups is 1. The van der Waals surface area contributed by atoms with Gasteiger partial charge in [-0.25, -0.2) is 4.79 Å². The van der Waals surface area contributed by atoms with E-state index in [1.54, 1.807) is 11.8 Å². The second-order valence-electron chi connectivity index (χ2n) is 7.27. The van der Waals surface area contributed by atoms with Gasteiger partial charge in [0.2, 0.25) is 0 Å². The van der Waals surface area contributed by atoms with Crippen LogP contribution in [0.4, 0.5) is 0 Å². The van der Waals surface area contributed by atoms with E-state index in [2.05, 4.69) is 34.1 Å². The molecule has 1 saturated carbocycles. The first-order valence-electron chi connectivity index (χ1n) is 9.97. The highest BCUT2D eigenvalue weighted by Gasteiger charge is 2.22. The molecular weight excluding hydrogens is 452 g/mol. The van der Waals surface area contributed by atoms with Crippen molar-refractivity contribution in [3.05, 3.63) is 52.0 Å². The van der Waals surface area contributed by atoms with E-state index in [1.807, 2.05) is 32.0 Å². The number of carbonyl (C=O) groups excluding carboxylic acids is 1.